The Morgan fingerprint density at radius 2 is 2.43 bits per heavy atom. The second-order valence-corrected chi connectivity index (χ2v) is 3.54. The summed E-state index contributed by atoms with van der Waals surface area (Å²) in [5, 5.41) is 11.9. The van der Waals surface area contributed by atoms with E-state index in [1.807, 2.05) is 12.1 Å². The minimum absolute atomic E-state index is 0.447. The number of aliphatic carboxylic acids is 1. The Hall–Kier alpha value is -1.51. The van der Waals surface area contributed by atoms with Crippen LogP contribution < -0.4 is 5.32 Å². The van der Waals surface area contributed by atoms with Gasteiger partial charge in [-0.3, -0.25) is 0 Å². The zero-order valence-electron chi connectivity index (χ0n) is 8.08. The van der Waals surface area contributed by atoms with Gasteiger partial charge in [-0.05, 0) is 23.6 Å². The number of anilines is 1. The maximum Gasteiger partial charge on any atom is 0.326 e. The molecule has 3 nitrogen and oxygen atoms in total. The Morgan fingerprint density at radius 3 is 3.07 bits per heavy atom. The van der Waals surface area contributed by atoms with Crippen LogP contribution in [0.25, 0.3) is 0 Å². The van der Waals surface area contributed by atoms with E-state index < -0.39 is 12.0 Å². The third-order valence-corrected chi connectivity index (χ3v) is 2.69. The average molecular weight is 191 g/mol. The number of carbonyl (C=O) groups is 1. The van der Waals surface area contributed by atoms with Crippen LogP contribution in [-0.4, -0.2) is 17.1 Å². The minimum Gasteiger partial charge on any atom is -0.480 e. The first-order chi connectivity index (χ1) is 6.72. The zero-order valence-corrected chi connectivity index (χ0v) is 8.08. The van der Waals surface area contributed by atoms with E-state index in [2.05, 4.69) is 18.3 Å². The first kappa shape index (κ1) is 9.06. The normalized spacial score (nSPS) is 18.8. The van der Waals surface area contributed by atoms with Crippen molar-refractivity contribution in [3.8, 4) is 0 Å². The fourth-order valence-electron chi connectivity index (χ4n) is 1.93. The molecular formula is C11H13NO2. The summed E-state index contributed by atoms with van der Waals surface area (Å²) in [6, 6.07) is 5.52. The van der Waals surface area contributed by atoms with Gasteiger partial charge in [-0.1, -0.05) is 19.1 Å². The van der Waals surface area contributed by atoms with Gasteiger partial charge in [-0.25, -0.2) is 4.79 Å². The van der Waals surface area contributed by atoms with Crippen molar-refractivity contribution in [2.24, 2.45) is 0 Å². The monoisotopic (exact) mass is 191 g/mol. The largest absolute Gasteiger partial charge is 0.480 e. The predicted molar refractivity (Wildman–Crippen MR) is 54.6 cm³/mol. The molecular weight excluding hydrogens is 178 g/mol. The maximum atomic E-state index is 10.8. The summed E-state index contributed by atoms with van der Waals surface area (Å²) >= 11 is 0. The molecule has 0 saturated carbocycles. The first-order valence-electron chi connectivity index (χ1n) is 4.82. The van der Waals surface area contributed by atoms with E-state index in [0.717, 1.165) is 12.1 Å². The van der Waals surface area contributed by atoms with Crippen LogP contribution in [0.15, 0.2) is 18.2 Å². The van der Waals surface area contributed by atoms with Crippen LogP contribution in [0.2, 0.25) is 0 Å². The van der Waals surface area contributed by atoms with Crippen molar-refractivity contribution in [3.63, 3.8) is 0 Å². The molecule has 0 fully saturated rings. The highest BCUT2D eigenvalue weighted by atomic mass is 16.4. The van der Waals surface area contributed by atoms with Crippen LogP contribution in [0.3, 0.4) is 0 Å². The molecule has 1 atom stereocenters. The lowest BCUT2D eigenvalue weighted by Gasteiger charge is -2.03. The fourth-order valence-corrected chi connectivity index (χ4v) is 1.93. The van der Waals surface area contributed by atoms with Gasteiger partial charge in [0.25, 0.3) is 0 Å². The molecule has 74 valence electrons. The van der Waals surface area contributed by atoms with Crippen LogP contribution in [-0.2, 0) is 17.6 Å². The van der Waals surface area contributed by atoms with Crippen LogP contribution in [0.1, 0.15) is 18.1 Å². The second-order valence-electron chi connectivity index (χ2n) is 3.54. The Morgan fingerprint density at radius 1 is 1.64 bits per heavy atom. The van der Waals surface area contributed by atoms with E-state index in [1.165, 1.54) is 11.1 Å². The number of carboxylic acid groups (broad SMARTS) is 1. The Balaban J connectivity index is 2.34. The fraction of sp³-hybridized carbons (Fsp3) is 0.364. The van der Waals surface area contributed by atoms with Crippen LogP contribution >= 0.6 is 0 Å². The molecule has 1 aliphatic rings. The molecule has 1 aliphatic heterocycles. The standard InChI is InChI=1S/C11H13NO2/c1-2-7-4-3-5-9-8(7)6-10(12-9)11(13)14/h3-5,10,12H,2,6H2,1H3,(H,13,14). The van der Waals surface area contributed by atoms with E-state index >= 15 is 0 Å². The van der Waals surface area contributed by atoms with E-state index in [0.29, 0.717) is 6.42 Å². The van der Waals surface area contributed by atoms with Crippen molar-refractivity contribution in [1.82, 2.24) is 0 Å². The Labute approximate surface area is 82.8 Å². The SMILES string of the molecule is CCc1cccc2c1CC(C(=O)O)N2. The van der Waals surface area contributed by atoms with E-state index in [1.54, 1.807) is 0 Å². The molecule has 1 unspecified atom stereocenters. The lowest BCUT2D eigenvalue weighted by Crippen LogP contribution is -2.26. The highest BCUT2D eigenvalue weighted by Crippen LogP contribution is 2.29. The molecule has 3 heteroatoms. The maximum absolute atomic E-state index is 10.8. The van der Waals surface area contributed by atoms with Crippen molar-refractivity contribution in [1.29, 1.82) is 0 Å². The number of nitrogens with one attached hydrogen (secondary N) is 1. The van der Waals surface area contributed by atoms with E-state index in [-0.39, 0.29) is 0 Å². The number of rotatable bonds is 2. The third kappa shape index (κ3) is 1.35. The average Bonchev–Trinajstić information content (AvgIpc) is 2.60. The zero-order chi connectivity index (χ0) is 10.1. The van der Waals surface area contributed by atoms with Gasteiger partial charge in [0.1, 0.15) is 6.04 Å². The summed E-state index contributed by atoms with van der Waals surface area (Å²) in [7, 11) is 0. The molecule has 0 amide bonds. The van der Waals surface area contributed by atoms with Crippen molar-refractivity contribution in [2.45, 2.75) is 25.8 Å². The van der Waals surface area contributed by atoms with Gasteiger partial charge >= 0.3 is 5.97 Å². The summed E-state index contributed by atoms with van der Waals surface area (Å²) in [5.74, 6) is -0.775. The van der Waals surface area contributed by atoms with Gasteiger partial charge in [-0.15, -0.1) is 0 Å². The molecule has 14 heavy (non-hydrogen) atoms. The summed E-state index contributed by atoms with van der Waals surface area (Å²) in [6.07, 6.45) is 1.56. The highest BCUT2D eigenvalue weighted by molar-refractivity contribution is 5.81. The molecule has 0 bridgehead atoms. The van der Waals surface area contributed by atoms with E-state index in [9.17, 15) is 4.79 Å². The first-order valence-corrected chi connectivity index (χ1v) is 4.82. The van der Waals surface area contributed by atoms with Crippen molar-refractivity contribution in [3.05, 3.63) is 29.3 Å². The molecule has 1 aromatic rings. The van der Waals surface area contributed by atoms with Crippen molar-refractivity contribution < 1.29 is 9.90 Å². The predicted octanol–water partition coefficient (Wildman–Crippen LogP) is 1.67. The number of hydrogen-bond donors (Lipinski definition) is 2. The molecule has 0 aliphatic carbocycles. The quantitative estimate of drug-likeness (QED) is 0.747. The molecule has 0 aromatic heterocycles. The number of hydrogen-bond acceptors (Lipinski definition) is 2. The molecule has 1 aromatic carbocycles. The molecule has 2 N–H and O–H groups in total. The van der Waals surface area contributed by atoms with Crippen LogP contribution in [0, 0.1) is 0 Å². The van der Waals surface area contributed by atoms with Crippen molar-refractivity contribution in [2.75, 3.05) is 5.32 Å². The Kier molecular flexibility index (Phi) is 2.15. The summed E-state index contributed by atoms with van der Waals surface area (Å²) in [4.78, 5) is 10.8. The minimum atomic E-state index is -0.775. The number of aryl methyl sites for hydroxylation is 1. The molecule has 1 heterocycles. The summed E-state index contributed by atoms with van der Waals surface area (Å²) in [6.45, 7) is 2.09. The Bertz CT molecular complexity index is 374. The number of fused-ring (bicyclic) bond motifs is 1. The van der Waals surface area contributed by atoms with Gasteiger partial charge in [0.2, 0.25) is 0 Å². The summed E-state index contributed by atoms with van der Waals surface area (Å²) < 4.78 is 0. The molecule has 2 rings (SSSR count). The second kappa shape index (κ2) is 3.33. The highest BCUT2D eigenvalue weighted by Gasteiger charge is 2.27. The van der Waals surface area contributed by atoms with Gasteiger partial charge in [0.15, 0.2) is 0 Å². The molecule has 0 spiro atoms. The van der Waals surface area contributed by atoms with Crippen molar-refractivity contribution >= 4 is 11.7 Å². The van der Waals surface area contributed by atoms with Crippen LogP contribution in [0.4, 0.5) is 5.69 Å². The van der Waals surface area contributed by atoms with E-state index in [4.69, 9.17) is 5.11 Å². The summed E-state index contributed by atoms with van der Waals surface area (Å²) in [5.41, 5.74) is 3.40. The smallest absolute Gasteiger partial charge is 0.326 e. The van der Waals surface area contributed by atoms with Gasteiger partial charge in [0, 0.05) is 12.1 Å². The number of carboxylic acids is 1. The van der Waals surface area contributed by atoms with Gasteiger partial charge in [0.05, 0.1) is 0 Å². The molecule has 0 radical (unpaired) electrons. The molecule has 0 saturated heterocycles. The lowest BCUT2D eigenvalue weighted by molar-refractivity contribution is -0.137. The van der Waals surface area contributed by atoms with Gasteiger partial charge < -0.3 is 10.4 Å². The third-order valence-electron chi connectivity index (χ3n) is 2.69. The lowest BCUT2D eigenvalue weighted by atomic mass is 10.0. The number of benzene rings is 1. The van der Waals surface area contributed by atoms with Crippen LogP contribution in [0.5, 0.6) is 0 Å². The van der Waals surface area contributed by atoms with Gasteiger partial charge in [-0.2, -0.15) is 0 Å². The topological polar surface area (TPSA) is 49.3 Å².